The van der Waals surface area contributed by atoms with Crippen LogP contribution in [0.4, 0.5) is 0 Å². The van der Waals surface area contributed by atoms with E-state index in [4.69, 9.17) is 9.47 Å². The second-order valence-corrected chi connectivity index (χ2v) is 6.11. The van der Waals surface area contributed by atoms with Crippen LogP contribution in [-0.4, -0.2) is 27.2 Å². The van der Waals surface area contributed by atoms with Gasteiger partial charge in [-0.3, -0.25) is 9.78 Å². The number of nitrogens with zero attached hydrogens (tertiary/aromatic N) is 1. The summed E-state index contributed by atoms with van der Waals surface area (Å²) in [7, 11) is 0. The molecule has 0 fully saturated rings. The minimum atomic E-state index is -1.13. The normalized spacial score (nSPS) is 15.2. The highest BCUT2D eigenvalue weighted by atomic mass is 16.5. The molecule has 1 aliphatic heterocycles. The number of nitrogens with one attached hydrogen (secondary N) is 1. The van der Waals surface area contributed by atoms with Crippen molar-refractivity contribution in [3.8, 4) is 17.3 Å². The average molecular weight is 380 g/mol. The van der Waals surface area contributed by atoms with Gasteiger partial charge in [0.1, 0.15) is 11.3 Å². The maximum atomic E-state index is 12.5. The van der Waals surface area contributed by atoms with Crippen LogP contribution in [0, 0.1) is 0 Å². The molecule has 3 aromatic rings. The number of carbonyl (C=O) groups excluding carboxylic acids is 1. The third-order valence-corrected chi connectivity index (χ3v) is 4.48. The van der Waals surface area contributed by atoms with Crippen molar-refractivity contribution in [2.45, 2.75) is 13.0 Å². The Kier molecular flexibility index (Phi) is 4.23. The summed E-state index contributed by atoms with van der Waals surface area (Å²) in [6, 6.07) is 13.2. The number of rotatable bonds is 4. The molecule has 2 heterocycles. The molecule has 0 unspecified atom stereocenters. The number of fused-ring (bicyclic) bond motifs is 1. The summed E-state index contributed by atoms with van der Waals surface area (Å²) in [5, 5.41) is 10.9. The van der Waals surface area contributed by atoms with Gasteiger partial charge in [0.05, 0.1) is 17.9 Å². The number of hydrogen-bond acceptors (Lipinski definition) is 6. The first-order chi connectivity index (χ1) is 13.5. The second kappa shape index (κ2) is 6.73. The molecule has 2 N–H and O–H groups in total. The predicted octanol–water partition coefficient (Wildman–Crippen LogP) is 1.89. The molecule has 1 atom stereocenters. The molecule has 4 rings (SSSR count). The molecule has 142 valence electrons. The van der Waals surface area contributed by atoms with Crippen LogP contribution < -0.4 is 16.0 Å². The number of benzene rings is 2. The van der Waals surface area contributed by atoms with E-state index in [1.165, 1.54) is 0 Å². The van der Waals surface area contributed by atoms with Gasteiger partial charge in [-0.05, 0) is 25.1 Å². The molecule has 0 amide bonds. The van der Waals surface area contributed by atoms with E-state index >= 15 is 0 Å². The smallest absolute Gasteiger partial charge is 0.339 e. The van der Waals surface area contributed by atoms with Crippen LogP contribution >= 0.6 is 0 Å². The van der Waals surface area contributed by atoms with Crippen LogP contribution in [0.5, 0.6) is 11.6 Å². The van der Waals surface area contributed by atoms with Crippen molar-refractivity contribution in [2.24, 2.45) is 0 Å². The highest BCUT2D eigenvalue weighted by Gasteiger charge is 2.36. The standard InChI is InChI=1S/C20H16N2O6/c1-2-27-14-10-6-5-9-13(14)22-18(24)15(17(23)21-20(22)26)16-11-7-3-4-8-12(11)19(25)28-16/h3-10,16,24H,2H2,1H3,(H,21,23,26)/t16-/m1/s1. The van der Waals surface area contributed by atoms with Crippen molar-refractivity contribution in [1.29, 1.82) is 0 Å². The van der Waals surface area contributed by atoms with E-state index in [0.717, 1.165) is 4.57 Å². The van der Waals surface area contributed by atoms with E-state index in [-0.39, 0.29) is 11.3 Å². The monoisotopic (exact) mass is 380 g/mol. The molecule has 8 heteroatoms. The topological polar surface area (TPSA) is 111 Å². The second-order valence-electron chi connectivity index (χ2n) is 6.11. The average Bonchev–Trinajstić information content (AvgIpc) is 3.00. The minimum absolute atomic E-state index is 0.232. The van der Waals surface area contributed by atoms with Crippen LogP contribution in [0.15, 0.2) is 58.1 Å². The molecule has 1 aromatic heterocycles. The van der Waals surface area contributed by atoms with Crippen LogP contribution in [0.2, 0.25) is 0 Å². The van der Waals surface area contributed by atoms with Gasteiger partial charge in [-0.1, -0.05) is 30.3 Å². The van der Waals surface area contributed by atoms with Gasteiger partial charge in [0, 0.05) is 5.56 Å². The molecule has 8 nitrogen and oxygen atoms in total. The van der Waals surface area contributed by atoms with Crippen molar-refractivity contribution in [1.82, 2.24) is 9.55 Å². The van der Waals surface area contributed by atoms with Crippen molar-refractivity contribution >= 4 is 5.97 Å². The van der Waals surface area contributed by atoms with Crippen molar-refractivity contribution in [2.75, 3.05) is 6.61 Å². The number of aromatic nitrogens is 2. The molecule has 0 saturated carbocycles. The van der Waals surface area contributed by atoms with Crippen molar-refractivity contribution in [3.63, 3.8) is 0 Å². The summed E-state index contributed by atoms with van der Waals surface area (Å²) in [6.07, 6.45) is -1.13. The van der Waals surface area contributed by atoms with Crippen LogP contribution in [0.1, 0.15) is 34.5 Å². The number of carbonyl (C=O) groups is 1. The highest BCUT2D eigenvalue weighted by molar-refractivity contribution is 5.94. The van der Waals surface area contributed by atoms with E-state index in [2.05, 4.69) is 4.98 Å². The zero-order valence-electron chi connectivity index (χ0n) is 14.8. The van der Waals surface area contributed by atoms with Gasteiger partial charge in [-0.15, -0.1) is 0 Å². The number of cyclic esters (lactones) is 1. The van der Waals surface area contributed by atoms with E-state index in [0.29, 0.717) is 23.5 Å². The van der Waals surface area contributed by atoms with E-state index in [1.807, 2.05) is 0 Å². The Morgan fingerprint density at radius 2 is 1.82 bits per heavy atom. The third-order valence-electron chi connectivity index (χ3n) is 4.48. The lowest BCUT2D eigenvalue weighted by Gasteiger charge is -2.17. The van der Waals surface area contributed by atoms with Gasteiger partial charge < -0.3 is 14.6 Å². The molecule has 0 bridgehead atoms. The summed E-state index contributed by atoms with van der Waals surface area (Å²) < 4.78 is 11.8. The highest BCUT2D eigenvalue weighted by Crippen LogP contribution is 2.38. The largest absolute Gasteiger partial charge is 0.494 e. The van der Waals surface area contributed by atoms with Crippen LogP contribution in [-0.2, 0) is 4.74 Å². The third kappa shape index (κ3) is 2.66. The molecular weight excluding hydrogens is 364 g/mol. The van der Waals surface area contributed by atoms with Gasteiger partial charge in [-0.25, -0.2) is 14.2 Å². The van der Waals surface area contributed by atoms with Gasteiger partial charge in [-0.2, -0.15) is 0 Å². The number of hydrogen-bond donors (Lipinski definition) is 2. The molecule has 0 spiro atoms. The van der Waals surface area contributed by atoms with E-state index in [9.17, 15) is 19.5 Å². The summed E-state index contributed by atoms with van der Waals surface area (Å²) in [6.45, 7) is 2.13. The lowest BCUT2D eigenvalue weighted by molar-refractivity contribution is 0.0449. The first-order valence-corrected chi connectivity index (χ1v) is 8.63. The molecular formula is C20H16N2O6. The maximum Gasteiger partial charge on any atom is 0.339 e. The van der Waals surface area contributed by atoms with Crippen molar-refractivity contribution in [3.05, 3.63) is 86.1 Å². The Balaban J connectivity index is 1.96. The van der Waals surface area contributed by atoms with Crippen LogP contribution in [0.25, 0.3) is 5.69 Å². The molecule has 0 saturated heterocycles. The van der Waals surface area contributed by atoms with Crippen molar-refractivity contribution < 1.29 is 19.4 Å². The predicted molar refractivity (Wildman–Crippen MR) is 99.2 cm³/mol. The Labute approximate surface area is 158 Å². The Bertz CT molecular complexity index is 1190. The summed E-state index contributed by atoms with van der Waals surface area (Å²) in [4.78, 5) is 39.3. The number of aromatic amines is 1. The molecule has 0 aliphatic carbocycles. The Morgan fingerprint density at radius 1 is 1.11 bits per heavy atom. The number of esters is 1. The molecule has 0 radical (unpaired) electrons. The Hall–Kier alpha value is -3.81. The Morgan fingerprint density at radius 3 is 2.61 bits per heavy atom. The summed E-state index contributed by atoms with van der Waals surface area (Å²) in [5.74, 6) is -0.869. The fraction of sp³-hybridized carbons (Fsp3) is 0.150. The molecule has 2 aromatic carbocycles. The lowest BCUT2D eigenvalue weighted by atomic mass is 10.0. The number of para-hydroxylation sites is 2. The zero-order chi connectivity index (χ0) is 19.8. The summed E-state index contributed by atoms with van der Waals surface area (Å²) in [5.41, 5.74) is -0.903. The van der Waals surface area contributed by atoms with Gasteiger partial charge in [0.25, 0.3) is 5.56 Å². The fourth-order valence-corrected chi connectivity index (χ4v) is 3.28. The maximum absolute atomic E-state index is 12.5. The molecule has 28 heavy (non-hydrogen) atoms. The minimum Gasteiger partial charge on any atom is -0.494 e. The summed E-state index contributed by atoms with van der Waals surface area (Å²) >= 11 is 0. The number of H-pyrrole nitrogens is 1. The van der Waals surface area contributed by atoms with E-state index in [1.54, 1.807) is 55.5 Å². The van der Waals surface area contributed by atoms with Gasteiger partial charge in [0.15, 0.2) is 6.10 Å². The van der Waals surface area contributed by atoms with Gasteiger partial charge >= 0.3 is 11.7 Å². The van der Waals surface area contributed by atoms with E-state index < -0.39 is 29.2 Å². The van der Waals surface area contributed by atoms with Crippen LogP contribution in [0.3, 0.4) is 0 Å². The number of ether oxygens (including phenoxy) is 2. The fourth-order valence-electron chi connectivity index (χ4n) is 3.28. The molecule has 1 aliphatic rings. The number of aromatic hydroxyl groups is 1. The lowest BCUT2D eigenvalue weighted by Crippen LogP contribution is -2.33. The first-order valence-electron chi connectivity index (χ1n) is 8.63. The quantitative estimate of drug-likeness (QED) is 0.669. The SMILES string of the molecule is CCOc1ccccc1-n1c(O)c([C@@H]2OC(=O)c3ccccc32)c(=O)[nH]c1=O. The zero-order valence-corrected chi connectivity index (χ0v) is 14.8. The first kappa shape index (κ1) is 17.6. The van der Waals surface area contributed by atoms with Gasteiger partial charge in [0.2, 0.25) is 5.88 Å².